The Morgan fingerprint density at radius 3 is 2.13 bits per heavy atom. The zero-order chi connectivity index (χ0) is 31.8. The molecule has 0 saturated carbocycles. The molecule has 2 aliphatic heterocycles. The molecule has 6 rings (SSSR count). The first-order valence-electron chi connectivity index (χ1n) is 14.7. The summed E-state index contributed by atoms with van der Waals surface area (Å²) in [6.07, 6.45) is -7.25. The van der Waals surface area contributed by atoms with E-state index in [1.54, 1.807) is 53.4 Å². The summed E-state index contributed by atoms with van der Waals surface area (Å²) in [7, 11) is 0. The van der Waals surface area contributed by atoms with Crippen LogP contribution in [-0.4, -0.2) is 67.6 Å². The van der Waals surface area contributed by atoms with Gasteiger partial charge in [0.25, 0.3) is 0 Å². The third-order valence-electron chi connectivity index (χ3n) is 8.79. The van der Waals surface area contributed by atoms with Crippen molar-refractivity contribution in [3.8, 4) is 16.9 Å². The summed E-state index contributed by atoms with van der Waals surface area (Å²) in [5.41, 5.74) is 3.61. The second kappa shape index (κ2) is 12.7. The van der Waals surface area contributed by atoms with Crippen LogP contribution in [0.3, 0.4) is 0 Å². The number of aliphatic hydroxyl groups is 5. The van der Waals surface area contributed by atoms with Gasteiger partial charge in [0.1, 0.15) is 42.1 Å². The molecule has 2 saturated heterocycles. The monoisotopic (exact) mass is 615 g/mol. The van der Waals surface area contributed by atoms with Crippen molar-refractivity contribution in [2.24, 2.45) is 5.92 Å². The molecular weight excluding hydrogens is 581 g/mol. The van der Waals surface area contributed by atoms with Crippen molar-refractivity contribution in [3.63, 3.8) is 0 Å². The molecule has 9 nitrogen and oxygen atoms in total. The molecule has 0 aromatic heterocycles. The zero-order valence-corrected chi connectivity index (χ0v) is 24.1. The zero-order valence-electron chi connectivity index (χ0n) is 24.1. The number of amides is 1. The SMILES string of the molecule is O=C1C(CC(O)c2ccc(F)cc2)C(c2ccc(-c3ccc(C4OC(CO)C(O)C(O)C4O)cc3)cc2O)N1c1ccccc1. The van der Waals surface area contributed by atoms with Crippen LogP contribution in [0, 0.1) is 11.7 Å². The molecule has 45 heavy (non-hydrogen) atoms. The van der Waals surface area contributed by atoms with Gasteiger partial charge in [0.05, 0.1) is 24.7 Å². The Labute approximate surface area is 259 Å². The van der Waals surface area contributed by atoms with Gasteiger partial charge < -0.3 is 40.3 Å². The molecule has 0 spiro atoms. The summed E-state index contributed by atoms with van der Waals surface area (Å²) >= 11 is 0. The normalized spacial score (nSPS) is 27.2. The molecule has 2 aliphatic rings. The van der Waals surface area contributed by atoms with Gasteiger partial charge in [-0.3, -0.25) is 4.79 Å². The van der Waals surface area contributed by atoms with Crippen LogP contribution in [0.15, 0.2) is 97.1 Å². The summed E-state index contributed by atoms with van der Waals surface area (Å²) in [4.78, 5) is 15.0. The van der Waals surface area contributed by atoms with Crippen molar-refractivity contribution < 1.29 is 44.6 Å². The number of phenols is 1. The summed E-state index contributed by atoms with van der Waals surface area (Å²) in [6, 6.07) is 26.1. The molecule has 1 amide bonds. The lowest BCUT2D eigenvalue weighted by Crippen LogP contribution is -2.55. The fraction of sp³-hybridized carbons (Fsp3) is 0.286. The number of aliphatic hydroxyl groups excluding tert-OH is 5. The number of nitrogens with zero attached hydrogens (tertiary/aromatic N) is 1. The molecule has 8 atom stereocenters. The molecule has 2 heterocycles. The van der Waals surface area contributed by atoms with Crippen LogP contribution < -0.4 is 4.90 Å². The van der Waals surface area contributed by atoms with Crippen LogP contribution >= 0.6 is 0 Å². The van der Waals surface area contributed by atoms with Crippen LogP contribution in [0.4, 0.5) is 10.1 Å². The van der Waals surface area contributed by atoms with Crippen molar-refractivity contribution in [1.82, 2.24) is 0 Å². The van der Waals surface area contributed by atoms with E-state index in [9.17, 15) is 39.8 Å². The average molecular weight is 616 g/mol. The number of hydrogen-bond donors (Lipinski definition) is 6. The molecule has 4 aromatic carbocycles. The first-order chi connectivity index (χ1) is 21.7. The number of β-lactam (4-membered cyclic amide) rings is 1. The predicted octanol–water partition coefficient (Wildman–Crippen LogP) is 3.54. The Morgan fingerprint density at radius 2 is 1.49 bits per heavy atom. The number of halogens is 1. The maximum Gasteiger partial charge on any atom is 0.233 e. The van der Waals surface area contributed by atoms with E-state index in [1.807, 2.05) is 24.3 Å². The summed E-state index contributed by atoms with van der Waals surface area (Å²) in [5.74, 6) is -1.29. The third-order valence-corrected chi connectivity index (χ3v) is 8.79. The Balaban J connectivity index is 1.26. The Morgan fingerprint density at radius 1 is 0.822 bits per heavy atom. The Kier molecular flexibility index (Phi) is 8.69. The number of rotatable bonds is 8. The van der Waals surface area contributed by atoms with E-state index in [0.717, 1.165) is 5.56 Å². The number of para-hydroxylation sites is 1. The smallest absolute Gasteiger partial charge is 0.233 e. The summed E-state index contributed by atoms with van der Waals surface area (Å²) in [6.45, 7) is -0.522. The van der Waals surface area contributed by atoms with Crippen LogP contribution in [-0.2, 0) is 9.53 Å². The molecule has 0 radical (unpaired) electrons. The van der Waals surface area contributed by atoms with Crippen molar-refractivity contribution in [2.45, 2.75) is 49.1 Å². The number of phenolic OH excluding ortho intramolecular Hbond substituents is 1. The van der Waals surface area contributed by atoms with Gasteiger partial charge in [-0.05, 0) is 59.0 Å². The van der Waals surface area contributed by atoms with E-state index in [2.05, 4.69) is 0 Å². The molecule has 0 aliphatic carbocycles. The highest BCUT2D eigenvalue weighted by Crippen LogP contribution is 2.49. The molecule has 234 valence electrons. The molecular formula is C35H34FNO8. The minimum absolute atomic E-state index is 0.0368. The average Bonchev–Trinajstić information content (AvgIpc) is 3.06. The number of anilines is 1. The van der Waals surface area contributed by atoms with Crippen molar-refractivity contribution in [1.29, 1.82) is 0 Å². The second-order valence-corrected chi connectivity index (χ2v) is 11.5. The lowest BCUT2D eigenvalue weighted by atomic mass is 9.77. The highest BCUT2D eigenvalue weighted by molar-refractivity contribution is 6.03. The first kappa shape index (κ1) is 30.8. The second-order valence-electron chi connectivity index (χ2n) is 11.5. The molecule has 6 N–H and O–H groups in total. The largest absolute Gasteiger partial charge is 0.508 e. The quantitative estimate of drug-likeness (QED) is 0.165. The van der Waals surface area contributed by atoms with Gasteiger partial charge in [0.15, 0.2) is 0 Å². The number of benzene rings is 4. The molecule has 4 aromatic rings. The maximum absolute atomic E-state index is 13.4. The van der Waals surface area contributed by atoms with Gasteiger partial charge in [0.2, 0.25) is 5.91 Å². The highest BCUT2D eigenvalue weighted by atomic mass is 19.1. The van der Waals surface area contributed by atoms with Gasteiger partial charge in [0, 0.05) is 11.3 Å². The number of aromatic hydroxyl groups is 1. The summed E-state index contributed by atoms with van der Waals surface area (Å²) in [5, 5.41) is 62.4. The Hall–Kier alpha value is -4.16. The summed E-state index contributed by atoms with van der Waals surface area (Å²) < 4.78 is 19.1. The standard InChI is InChI=1S/C35H34FNO8/c36-23-13-10-20(11-14-23)27(39)17-26-30(37(35(26)44)24-4-2-1-3-5-24)25-15-12-22(16-28(25)40)19-6-8-21(9-7-19)34-33(43)32(42)31(41)29(18-38)45-34/h1-16,26-27,29-34,38-43H,17-18H2. The van der Waals surface area contributed by atoms with Crippen LogP contribution in [0.2, 0.25) is 0 Å². The number of carbonyl (C=O) groups excluding carboxylic acids is 1. The Bertz CT molecular complexity index is 1630. The van der Waals surface area contributed by atoms with E-state index in [4.69, 9.17) is 4.74 Å². The van der Waals surface area contributed by atoms with E-state index in [1.165, 1.54) is 24.3 Å². The topological polar surface area (TPSA) is 151 Å². The van der Waals surface area contributed by atoms with E-state index in [-0.39, 0.29) is 18.1 Å². The van der Waals surface area contributed by atoms with Gasteiger partial charge >= 0.3 is 0 Å². The van der Waals surface area contributed by atoms with Gasteiger partial charge in [-0.2, -0.15) is 0 Å². The van der Waals surface area contributed by atoms with Crippen molar-refractivity contribution >= 4 is 11.6 Å². The minimum Gasteiger partial charge on any atom is -0.508 e. The van der Waals surface area contributed by atoms with E-state index < -0.39 is 61.0 Å². The number of carbonyl (C=O) groups is 1. The first-order valence-corrected chi connectivity index (χ1v) is 14.7. The van der Waals surface area contributed by atoms with Crippen molar-refractivity contribution in [2.75, 3.05) is 11.5 Å². The molecule has 10 heteroatoms. The highest BCUT2D eigenvalue weighted by Gasteiger charge is 2.50. The lowest BCUT2D eigenvalue weighted by molar-refractivity contribution is -0.231. The van der Waals surface area contributed by atoms with E-state index in [0.29, 0.717) is 27.9 Å². The lowest BCUT2D eigenvalue weighted by Gasteiger charge is -2.48. The minimum atomic E-state index is -1.49. The predicted molar refractivity (Wildman–Crippen MR) is 162 cm³/mol. The van der Waals surface area contributed by atoms with Gasteiger partial charge in [-0.25, -0.2) is 4.39 Å². The van der Waals surface area contributed by atoms with Gasteiger partial charge in [-0.15, -0.1) is 0 Å². The number of ether oxygens (including phenoxy) is 1. The van der Waals surface area contributed by atoms with Gasteiger partial charge in [-0.1, -0.05) is 66.7 Å². The third kappa shape index (κ3) is 5.84. The van der Waals surface area contributed by atoms with Crippen LogP contribution in [0.1, 0.15) is 41.4 Å². The van der Waals surface area contributed by atoms with E-state index >= 15 is 0 Å². The maximum atomic E-state index is 13.4. The molecule has 2 fully saturated rings. The molecule has 0 bridgehead atoms. The van der Waals surface area contributed by atoms with Crippen molar-refractivity contribution in [3.05, 3.63) is 120 Å². The molecule has 8 unspecified atom stereocenters. The van der Waals surface area contributed by atoms with Crippen LogP contribution in [0.5, 0.6) is 5.75 Å². The van der Waals surface area contributed by atoms with Crippen LogP contribution in [0.25, 0.3) is 11.1 Å². The number of hydrogen-bond acceptors (Lipinski definition) is 8. The fourth-order valence-corrected chi connectivity index (χ4v) is 6.29. The fourth-order valence-electron chi connectivity index (χ4n) is 6.29.